The molecule has 7 heteroatoms. The predicted molar refractivity (Wildman–Crippen MR) is 138 cm³/mol. The minimum Gasteiger partial charge on any atom is -0.493 e. The molecule has 1 amide bonds. The van der Waals surface area contributed by atoms with Crippen LogP contribution in [0, 0.1) is 0 Å². The summed E-state index contributed by atoms with van der Waals surface area (Å²) in [6.07, 6.45) is 2.22. The number of methoxy groups -OCH3 is 4. The molecule has 0 spiro atoms. The van der Waals surface area contributed by atoms with Gasteiger partial charge in [0.15, 0.2) is 17.2 Å². The van der Waals surface area contributed by atoms with E-state index in [1.54, 1.807) is 33.5 Å². The highest BCUT2D eigenvalue weighted by molar-refractivity contribution is 5.84. The predicted octanol–water partition coefficient (Wildman–Crippen LogP) is 4.48. The molecule has 0 saturated heterocycles. The number of amides is 1. The van der Waals surface area contributed by atoms with Crippen LogP contribution in [0.3, 0.4) is 0 Å². The van der Waals surface area contributed by atoms with Gasteiger partial charge in [-0.2, -0.15) is 0 Å². The Kier molecular flexibility index (Phi) is 7.78. The summed E-state index contributed by atoms with van der Waals surface area (Å²) in [5, 5.41) is 3.17. The Balaban J connectivity index is 1.80. The zero-order valence-electron chi connectivity index (χ0n) is 21.1. The highest BCUT2D eigenvalue weighted by Gasteiger charge is 2.29. The number of nitrogens with one attached hydrogen (secondary N) is 1. The van der Waals surface area contributed by atoms with Crippen molar-refractivity contribution >= 4 is 5.91 Å². The van der Waals surface area contributed by atoms with Crippen molar-refractivity contribution in [2.45, 2.75) is 31.7 Å². The van der Waals surface area contributed by atoms with Crippen LogP contribution >= 0.6 is 0 Å². The fourth-order valence-electron chi connectivity index (χ4n) is 4.79. The van der Waals surface area contributed by atoms with E-state index >= 15 is 0 Å². The van der Waals surface area contributed by atoms with Crippen molar-refractivity contribution in [3.8, 4) is 34.1 Å². The lowest BCUT2D eigenvalue weighted by atomic mass is 9.95. The van der Waals surface area contributed by atoms with Crippen molar-refractivity contribution in [3.63, 3.8) is 0 Å². The molecule has 0 saturated carbocycles. The fraction of sp³-hybridized carbons (Fsp3) is 0.310. The molecule has 4 rings (SSSR count). The van der Waals surface area contributed by atoms with Gasteiger partial charge >= 0.3 is 0 Å². The van der Waals surface area contributed by atoms with Crippen molar-refractivity contribution in [1.29, 1.82) is 0 Å². The summed E-state index contributed by atoms with van der Waals surface area (Å²) in [4.78, 5) is 26.0. The Morgan fingerprint density at radius 3 is 2.28 bits per heavy atom. The standard InChI is InChI=1S/C29H31NO6/c1-33-24-14-12-20-21(17-23(24)31)22(30-26(32)15-10-18-8-6-5-7-9-18)13-11-19-16-25(34-2)28(35-3)29(36-4)27(19)20/h5-9,12,14,16-17,22H,10-11,13,15H2,1-4H3,(H,30,32). The number of carbonyl (C=O) groups is 1. The van der Waals surface area contributed by atoms with Gasteiger partial charge in [0.25, 0.3) is 0 Å². The molecule has 188 valence electrons. The molecule has 1 aliphatic rings. The van der Waals surface area contributed by atoms with Gasteiger partial charge in [-0.05, 0) is 59.7 Å². The van der Waals surface area contributed by atoms with Gasteiger partial charge in [0.05, 0.1) is 34.5 Å². The van der Waals surface area contributed by atoms with Gasteiger partial charge in [0.1, 0.15) is 0 Å². The number of rotatable bonds is 8. The Morgan fingerprint density at radius 1 is 0.889 bits per heavy atom. The second kappa shape index (κ2) is 11.2. The molecule has 0 heterocycles. The Morgan fingerprint density at radius 2 is 1.61 bits per heavy atom. The minimum atomic E-state index is -0.373. The molecule has 1 aliphatic carbocycles. The van der Waals surface area contributed by atoms with E-state index in [4.69, 9.17) is 18.9 Å². The first-order valence-electron chi connectivity index (χ1n) is 11.9. The van der Waals surface area contributed by atoms with E-state index in [2.05, 4.69) is 5.32 Å². The number of aryl methyl sites for hydroxylation is 2. The monoisotopic (exact) mass is 489 g/mol. The van der Waals surface area contributed by atoms with Crippen LogP contribution in [-0.2, 0) is 17.6 Å². The summed E-state index contributed by atoms with van der Waals surface area (Å²) < 4.78 is 22.3. The molecule has 0 aliphatic heterocycles. The maximum absolute atomic E-state index is 13.0. The van der Waals surface area contributed by atoms with Crippen LogP contribution in [0.5, 0.6) is 23.0 Å². The fourth-order valence-corrected chi connectivity index (χ4v) is 4.79. The normalized spacial score (nSPS) is 14.1. The molecule has 1 unspecified atom stereocenters. The number of hydrogen-bond donors (Lipinski definition) is 1. The average Bonchev–Trinajstić information content (AvgIpc) is 3.15. The van der Waals surface area contributed by atoms with E-state index in [0.717, 1.165) is 22.3 Å². The number of carbonyl (C=O) groups excluding carboxylic acids is 1. The van der Waals surface area contributed by atoms with Crippen LogP contribution in [0.15, 0.2) is 59.4 Å². The van der Waals surface area contributed by atoms with Crippen LogP contribution in [-0.4, -0.2) is 34.3 Å². The van der Waals surface area contributed by atoms with Gasteiger partial charge in [-0.3, -0.25) is 9.59 Å². The Bertz CT molecular complexity index is 1310. The lowest BCUT2D eigenvalue weighted by molar-refractivity contribution is -0.121. The minimum absolute atomic E-state index is 0.0752. The summed E-state index contributed by atoms with van der Waals surface area (Å²) in [6, 6.07) is 16.5. The van der Waals surface area contributed by atoms with E-state index in [1.165, 1.54) is 7.11 Å². The average molecular weight is 490 g/mol. The van der Waals surface area contributed by atoms with Crippen LogP contribution in [0.1, 0.15) is 35.6 Å². The molecule has 36 heavy (non-hydrogen) atoms. The molecule has 3 aromatic rings. The van der Waals surface area contributed by atoms with Gasteiger partial charge in [-0.15, -0.1) is 0 Å². The van der Waals surface area contributed by atoms with E-state index in [1.807, 2.05) is 42.5 Å². The lowest BCUT2D eigenvalue weighted by Gasteiger charge is -2.20. The molecule has 3 aromatic carbocycles. The van der Waals surface area contributed by atoms with Crippen LogP contribution in [0.25, 0.3) is 11.1 Å². The van der Waals surface area contributed by atoms with Crippen molar-refractivity contribution in [2.24, 2.45) is 0 Å². The van der Waals surface area contributed by atoms with Crippen LogP contribution < -0.4 is 29.7 Å². The number of benzene rings is 2. The first-order valence-corrected chi connectivity index (χ1v) is 11.9. The first kappa shape index (κ1) is 25.1. The van der Waals surface area contributed by atoms with E-state index in [9.17, 15) is 9.59 Å². The molecule has 0 fully saturated rings. The Labute approximate surface area is 211 Å². The molecular weight excluding hydrogens is 458 g/mol. The molecule has 1 N–H and O–H groups in total. The number of ether oxygens (including phenoxy) is 4. The van der Waals surface area contributed by atoms with Crippen molar-refractivity contribution in [3.05, 3.63) is 81.5 Å². The van der Waals surface area contributed by atoms with E-state index < -0.39 is 0 Å². The number of fused-ring (bicyclic) bond motifs is 3. The molecular formula is C29H31NO6. The smallest absolute Gasteiger partial charge is 0.220 e. The SMILES string of the molecule is COc1cc2c(c(OC)c1OC)-c1ccc(OC)c(=O)cc1C(NC(=O)CCc1ccccc1)CC2. The second-order valence-electron chi connectivity index (χ2n) is 8.60. The first-order chi connectivity index (χ1) is 17.5. The van der Waals surface area contributed by atoms with Crippen molar-refractivity contribution in [1.82, 2.24) is 5.32 Å². The molecule has 7 nitrogen and oxygen atoms in total. The zero-order valence-corrected chi connectivity index (χ0v) is 21.1. The van der Waals surface area contributed by atoms with Crippen molar-refractivity contribution < 1.29 is 23.7 Å². The lowest BCUT2D eigenvalue weighted by Crippen LogP contribution is -2.29. The number of hydrogen-bond acceptors (Lipinski definition) is 6. The summed E-state index contributed by atoms with van der Waals surface area (Å²) >= 11 is 0. The van der Waals surface area contributed by atoms with Crippen LogP contribution in [0.4, 0.5) is 0 Å². The Hall–Kier alpha value is -4.00. The van der Waals surface area contributed by atoms with E-state index in [0.29, 0.717) is 48.5 Å². The van der Waals surface area contributed by atoms with Crippen molar-refractivity contribution in [2.75, 3.05) is 28.4 Å². The molecule has 0 bridgehead atoms. The van der Waals surface area contributed by atoms with Gasteiger partial charge in [0, 0.05) is 12.0 Å². The van der Waals surface area contributed by atoms with Crippen LogP contribution in [0.2, 0.25) is 0 Å². The third-order valence-corrected chi connectivity index (χ3v) is 6.54. The maximum atomic E-state index is 13.0. The molecule has 0 radical (unpaired) electrons. The van der Waals surface area contributed by atoms with E-state index in [-0.39, 0.29) is 23.1 Å². The van der Waals surface area contributed by atoms with Gasteiger partial charge in [0.2, 0.25) is 17.1 Å². The third kappa shape index (κ3) is 5.00. The highest BCUT2D eigenvalue weighted by atomic mass is 16.5. The summed E-state index contributed by atoms with van der Waals surface area (Å²) in [5.41, 5.74) is 4.11. The third-order valence-electron chi connectivity index (χ3n) is 6.54. The molecule has 0 aromatic heterocycles. The van der Waals surface area contributed by atoms with Gasteiger partial charge in [-0.1, -0.05) is 36.4 Å². The van der Waals surface area contributed by atoms with Gasteiger partial charge < -0.3 is 24.3 Å². The quantitative estimate of drug-likeness (QED) is 0.502. The summed E-state index contributed by atoms with van der Waals surface area (Å²) in [6.45, 7) is 0. The largest absolute Gasteiger partial charge is 0.493 e. The zero-order chi connectivity index (χ0) is 25.7. The van der Waals surface area contributed by atoms with Gasteiger partial charge in [-0.25, -0.2) is 0 Å². The highest BCUT2D eigenvalue weighted by Crippen LogP contribution is 2.50. The molecule has 1 atom stereocenters. The second-order valence-corrected chi connectivity index (χ2v) is 8.60. The maximum Gasteiger partial charge on any atom is 0.220 e. The summed E-state index contributed by atoms with van der Waals surface area (Å²) in [5.74, 6) is 1.69. The summed E-state index contributed by atoms with van der Waals surface area (Å²) in [7, 11) is 6.18. The topological polar surface area (TPSA) is 83.1 Å².